The van der Waals surface area contributed by atoms with Gasteiger partial charge in [-0.15, -0.1) is 11.3 Å². The number of aryl methyl sites for hydroxylation is 1. The van der Waals surface area contributed by atoms with Gasteiger partial charge in [-0.2, -0.15) is 0 Å². The summed E-state index contributed by atoms with van der Waals surface area (Å²) in [5.74, 6) is -0.941. The predicted molar refractivity (Wildman–Crippen MR) is 61.4 cm³/mol. The Balaban J connectivity index is 2.18. The summed E-state index contributed by atoms with van der Waals surface area (Å²) in [5, 5.41) is 15.4. The van der Waals surface area contributed by atoms with Crippen LogP contribution in [-0.4, -0.2) is 16.1 Å². The highest BCUT2D eigenvalue weighted by atomic mass is 32.1. The smallest absolute Gasteiger partial charge is 0.347 e. The number of thiophene rings is 1. The van der Waals surface area contributed by atoms with Crippen molar-refractivity contribution in [2.45, 2.75) is 6.92 Å². The van der Waals surface area contributed by atoms with Crippen molar-refractivity contribution < 1.29 is 9.90 Å². The summed E-state index contributed by atoms with van der Waals surface area (Å²) in [6.45, 7) is 1.99. The minimum absolute atomic E-state index is 0.242. The van der Waals surface area contributed by atoms with Crippen LogP contribution in [0.3, 0.4) is 0 Å². The van der Waals surface area contributed by atoms with Crippen molar-refractivity contribution in [2.75, 3.05) is 5.32 Å². The van der Waals surface area contributed by atoms with Gasteiger partial charge in [-0.05, 0) is 23.9 Å². The first-order chi connectivity index (χ1) is 7.16. The van der Waals surface area contributed by atoms with Gasteiger partial charge in [-0.3, -0.25) is 0 Å². The molecule has 0 atom stereocenters. The average Bonchev–Trinajstić information content (AvgIpc) is 2.77. The van der Waals surface area contributed by atoms with Crippen LogP contribution in [0.15, 0.2) is 17.6 Å². The second-order valence-electron chi connectivity index (χ2n) is 2.89. The molecule has 0 aromatic carbocycles. The minimum Gasteiger partial charge on any atom is -0.477 e. The predicted octanol–water partition coefficient (Wildman–Crippen LogP) is 2.95. The number of anilines is 2. The number of aromatic nitrogens is 1. The van der Waals surface area contributed by atoms with Gasteiger partial charge in [0, 0.05) is 0 Å². The van der Waals surface area contributed by atoms with E-state index in [4.69, 9.17) is 5.11 Å². The summed E-state index contributed by atoms with van der Waals surface area (Å²) in [6.07, 6.45) is 1.36. The van der Waals surface area contributed by atoms with Crippen LogP contribution < -0.4 is 5.32 Å². The molecule has 2 aromatic heterocycles. The summed E-state index contributed by atoms with van der Waals surface area (Å²) in [7, 11) is 0. The first kappa shape index (κ1) is 10.1. The second kappa shape index (κ2) is 4.00. The monoisotopic (exact) mass is 240 g/mol. The van der Waals surface area contributed by atoms with Crippen molar-refractivity contribution in [1.82, 2.24) is 4.98 Å². The zero-order valence-corrected chi connectivity index (χ0v) is 9.48. The van der Waals surface area contributed by atoms with Gasteiger partial charge in [0.1, 0.15) is 4.88 Å². The van der Waals surface area contributed by atoms with Gasteiger partial charge in [0.15, 0.2) is 5.13 Å². The van der Waals surface area contributed by atoms with Crippen molar-refractivity contribution >= 4 is 38.8 Å². The molecule has 2 rings (SSSR count). The largest absolute Gasteiger partial charge is 0.477 e. The molecule has 0 unspecified atom stereocenters. The quantitative estimate of drug-likeness (QED) is 0.865. The topological polar surface area (TPSA) is 62.2 Å². The molecule has 0 aliphatic rings. The molecule has 0 saturated carbocycles. The Kier molecular flexibility index (Phi) is 2.70. The van der Waals surface area contributed by atoms with E-state index in [0.29, 0.717) is 5.13 Å². The number of carboxylic acids is 1. The first-order valence-corrected chi connectivity index (χ1v) is 5.86. The van der Waals surface area contributed by atoms with Crippen molar-refractivity contribution in [3.63, 3.8) is 0 Å². The fraction of sp³-hybridized carbons (Fsp3) is 0.111. The van der Waals surface area contributed by atoms with Gasteiger partial charge in [0.05, 0.1) is 11.2 Å². The van der Waals surface area contributed by atoms with Gasteiger partial charge in [0.25, 0.3) is 0 Å². The molecule has 0 amide bonds. The molecule has 0 saturated heterocycles. The van der Waals surface area contributed by atoms with Crippen LogP contribution in [0, 0.1) is 6.92 Å². The fourth-order valence-corrected chi connectivity index (χ4v) is 2.57. The maximum Gasteiger partial charge on any atom is 0.347 e. The molecule has 6 heteroatoms. The van der Waals surface area contributed by atoms with Crippen LogP contribution in [0.2, 0.25) is 0 Å². The Hall–Kier alpha value is -1.40. The highest BCUT2D eigenvalue weighted by Gasteiger charge is 2.09. The zero-order chi connectivity index (χ0) is 10.8. The number of carboxylic acid groups (broad SMARTS) is 1. The first-order valence-electron chi connectivity index (χ1n) is 4.17. The molecule has 0 radical (unpaired) electrons. The van der Waals surface area contributed by atoms with Crippen LogP contribution in [0.1, 0.15) is 15.2 Å². The standard InChI is InChI=1S/C9H8N2O2S2/c1-5-2-3-14-7(5)11-9-10-4-6(15-9)8(12)13/h2-4H,1H3,(H,10,11)(H,12,13). The zero-order valence-electron chi connectivity index (χ0n) is 7.85. The molecule has 0 aliphatic carbocycles. The summed E-state index contributed by atoms with van der Waals surface area (Å²) < 4.78 is 0. The molecule has 0 fully saturated rings. The summed E-state index contributed by atoms with van der Waals surface area (Å²) in [5.41, 5.74) is 1.13. The van der Waals surface area contributed by atoms with E-state index in [1.807, 2.05) is 18.4 Å². The summed E-state index contributed by atoms with van der Waals surface area (Å²) in [6, 6.07) is 2.00. The van der Waals surface area contributed by atoms with E-state index >= 15 is 0 Å². The summed E-state index contributed by atoms with van der Waals surface area (Å²) in [4.78, 5) is 14.9. The molecule has 2 N–H and O–H groups in total. The van der Waals surface area contributed by atoms with E-state index in [1.165, 1.54) is 6.20 Å². The van der Waals surface area contributed by atoms with Crippen LogP contribution in [-0.2, 0) is 0 Å². The third kappa shape index (κ3) is 2.16. The molecule has 2 heterocycles. The van der Waals surface area contributed by atoms with E-state index in [1.54, 1.807) is 11.3 Å². The third-order valence-electron chi connectivity index (χ3n) is 1.80. The van der Waals surface area contributed by atoms with Crippen molar-refractivity contribution in [3.8, 4) is 0 Å². The minimum atomic E-state index is -0.941. The number of nitrogens with zero attached hydrogens (tertiary/aromatic N) is 1. The molecule has 78 valence electrons. The van der Waals surface area contributed by atoms with Crippen molar-refractivity contribution in [1.29, 1.82) is 0 Å². The van der Waals surface area contributed by atoms with Crippen LogP contribution in [0.4, 0.5) is 10.1 Å². The number of aromatic carboxylic acids is 1. The Labute approximate surface area is 94.2 Å². The highest BCUT2D eigenvalue weighted by molar-refractivity contribution is 7.18. The molecule has 0 aliphatic heterocycles. The molecule has 0 spiro atoms. The number of carbonyl (C=O) groups is 1. The lowest BCUT2D eigenvalue weighted by Gasteiger charge is -1.98. The lowest BCUT2D eigenvalue weighted by atomic mass is 10.4. The lowest BCUT2D eigenvalue weighted by molar-refractivity contribution is 0.0702. The lowest BCUT2D eigenvalue weighted by Crippen LogP contribution is -1.89. The van der Waals surface area contributed by atoms with Crippen LogP contribution in [0.5, 0.6) is 0 Å². The Bertz CT molecular complexity index is 490. The van der Waals surface area contributed by atoms with E-state index in [-0.39, 0.29) is 4.88 Å². The molecule has 15 heavy (non-hydrogen) atoms. The van der Waals surface area contributed by atoms with Crippen LogP contribution in [0.25, 0.3) is 0 Å². The van der Waals surface area contributed by atoms with Gasteiger partial charge in [-0.1, -0.05) is 11.3 Å². The molecule has 4 nitrogen and oxygen atoms in total. The normalized spacial score (nSPS) is 10.2. The Morgan fingerprint density at radius 3 is 2.93 bits per heavy atom. The van der Waals surface area contributed by atoms with Crippen LogP contribution >= 0.6 is 22.7 Å². The van der Waals surface area contributed by atoms with E-state index in [2.05, 4.69) is 10.3 Å². The van der Waals surface area contributed by atoms with E-state index < -0.39 is 5.97 Å². The maximum absolute atomic E-state index is 10.6. The average molecular weight is 240 g/mol. The van der Waals surface area contributed by atoms with E-state index in [9.17, 15) is 4.79 Å². The summed E-state index contributed by atoms with van der Waals surface area (Å²) >= 11 is 2.70. The van der Waals surface area contributed by atoms with Gasteiger partial charge < -0.3 is 10.4 Å². The Morgan fingerprint density at radius 1 is 1.60 bits per heavy atom. The third-order valence-corrected chi connectivity index (χ3v) is 3.63. The Morgan fingerprint density at radius 2 is 2.40 bits per heavy atom. The number of thiazole rings is 1. The van der Waals surface area contributed by atoms with Gasteiger partial charge in [0.2, 0.25) is 0 Å². The van der Waals surface area contributed by atoms with E-state index in [0.717, 1.165) is 21.9 Å². The van der Waals surface area contributed by atoms with Crippen molar-refractivity contribution in [3.05, 3.63) is 28.1 Å². The highest BCUT2D eigenvalue weighted by Crippen LogP contribution is 2.28. The van der Waals surface area contributed by atoms with Gasteiger partial charge in [-0.25, -0.2) is 9.78 Å². The fourth-order valence-electron chi connectivity index (χ4n) is 1.03. The number of nitrogens with one attached hydrogen (secondary N) is 1. The molecule has 0 bridgehead atoms. The molecular weight excluding hydrogens is 232 g/mol. The number of rotatable bonds is 3. The van der Waals surface area contributed by atoms with Crippen molar-refractivity contribution in [2.24, 2.45) is 0 Å². The number of hydrogen-bond acceptors (Lipinski definition) is 5. The van der Waals surface area contributed by atoms with Gasteiger partial charge >= 0.3 is 5.97 Å². The molecular formula is C9H8N2O2S2. The second-order valence-corrected chi connectivity index (χ2v) is 4.84. The maximum atomic E-state index is 10.6. The number of hydrogen-bond donors (Lipinski definition) is 2. The SMILES string of the molecule is Cc1ccsc1Nc1ncc(C(=O)O)s1. The molecule has 2 aromatic rings.